The van der Waals surface area contributed by atoms with Crippen LogP contribution in [-0.2, 0) is 22.6 Å². The van der Waals surface area contributed by atoms with Crippen molar-refractivity contribution in [1.29, 1.82) is 0 Å². The summed E-state index contributed by atoms with van der Waals surface area (Å²) in [6.45, 7) is 3.55. The van der Waals surface area contributed by atoms with Crippen LogP contribution in [0.5, 0.6) is 0 Å². The lowest BCUT2D eigenvalue weighted by atomic mass is 10.1. The van der Waals surface area contributed by atoms with Gasteiger partial charge in [-0.25, -0.2) is 4.98 Å². The normalized spacial score (nSPS) is 14.3. The van der Waals surface area contributed by atoms with Gasteiger partial charge in [0, 0.05) is 38.5 Å². The van der Waals surface area contributed by atoms with Gasteiger partial charge in [0.15, 0.2) is 0 Å². The highest BCUT2D eigenvalue weighted by Gasteiger charge is 2.23. The topological polar surface area (TPSA) is 54.5 Å². The van der Waals surface area contributed by atoms with Gasteiger partial charge in [-0.1, -0.05) is 18.2 Å². The second-order valence-corrected chi connectivity index (χ2v) is 6.12. The van der Waals surface area contributed by atoms with Crippen molar-refractivity contribution >= 4 is 17.4 Å². The summed E-state index contributed by atoms with van der Waals surface area (Å²) >= 11 is 0. The molecule has 0 unspecified atom stereocenters. The highest BCUT2D eigenvalue weighted by molar-refractivity contribution is 5.92. The molecule has 0 saturated heterocycles. The molecule has 1 aliphatic rings. The number of hydrogen-bond acceptors (Lipinski definition) is 4. The summed E-state index contributed by atoms with van der Waals surface area (Å²) in [7, 11) is 1.67. The monoisotopic (exact) mass is 325 g/mol. The Labute approximate surface area is 142 Å². The Bertz CT molecular complexity index is 703. The maximum absolute atomic E-state index is 12.2. The molecule has 2 heterocycles. The molecule has 3 rings (SSSR count). The lowest BCUT2D eigenvalue weighted by Crippen LogP contribution is -2.17. The van der Waals surface area contributed by atoms with E-state index in [1.807, 2.05) is 37.3 Å². The van der Waals surface area contributed by atoms with Crippen LogP contribution in [0.15, 0.2) is 42.6 Å². The van der Waals surface area contributed by atoms with Crippen LogP contribution < -0.4 is 10.2 Å². The number of nitrogens with one attached hydrogen (secondary N) is 1. The molecular formula is C19H23N3O2. The summed E-state index contributed by atoms with van der Waals surface area (Å²) in [6, 6.07) is 12.0. The molecule has 1 N–H and O–H groups in total. The summed E-state index contributed by atoms with van der Waals surface area (Å²) in [5, 5.41) is 3.05. The van der Waals surface area contributed by atoms with Gasteiger partial charge in [0.1, 0.15) is 5.82 Å². The smallest absolute Gasteiger partial charge is 0.224 e. The van der Waals surface area contributed by atoms with Crippen molar-refractivity contribution < 1.29 is 9.53 Å². The third-order valence-electron chi connectivity index (χ3n) is 4.41. The minimum atomic E-state index is 0.0311. The first-order valence-electron chi connectivity index (χ1n) is 8.26. The van der Waals surface area contributed by atoms with Crippen molar-refractivity contribution in [3.63, 3.8) is 0 Å². The van der Waals surface area contributed by atoms with Crippen LogP contribution in [0, 0.1) is 0 Å². The van der Waals surface area contributed by atoms with E-state index in [4.69, 9.17) is 4.74 Å². The number of aromatic nitrogens is 1. The molecule has 1 aromatic carbocycles. The van der Waals surface area contributed by atoms with Crippen molar-refractivity contribution in [2.24, 2.45) is 0 Å². The van der Waals surface area contributed by atoms with Gasteiger partial charge in [0.05, 0.1) is 6.10 Å². The molecule has 126 valence electrons. The Hall–Kier alpha value is -2.40. The molecule has 0 aliphatic carbocycles. The van der Waals surface area contributed by atoms with Crippen LogP contribution in [-0.4, -0.2) is 24.1 Å². The third-order valence-corrected chi connectivity index (χ3v) is 4.41. The van der Waals surface area contributed by atoms with Crippen molar-refractivity contribution in [1.82, 2.24) is 4.98 Å². The lowest BCUT2D eigenvalue weighted by Gasteiger charge is -2.16. The summed E-state index contributed by atoms with van der Waals surface area (Å²) in [4.78, 5) is 18.8. The summed E-state index contributed by atoms with van der Waals surface area (Å²) in [5.74, 6) is 0.989. The Kier molecular flexibility index (Phi) is 5.11. The predicted molar refractivity (Wildman–Crippen MR) is 94.9 cm³/mol. The van der Waals surface area contributed by atoms with E-state index in [1.165, 1.54) is 11.1 Å². The van der Waals surface area contributed by atoms with Gasteiger partial charge in [0.25, 0.3) is 0 Å². The van der Waals surface area contributed by atoms with E-state index in [1.54, 1.807) is 13.3 Å². The van der Waals surface area contributed by atoms with Crippen LogP contribution in [0.2, 0.25) is 0 Å². The molecule has 5 heteroatoms. The number of carbonyl (C=O) groups is 1. The first-order chi connectivity index (χ1) is 11.7. The van der Waals surface area contributed by atoms with E-state index in [0.29, 0.717) is 6.42 Å². The molecular weight excluding hydrogens is 302 g/mol. The fourth-order valence-corrected chi connectivity index (χ4v) is 2.91. The first-order valence-corrected chi connectivity index (χ1v) is 8.26. The van der Waals surface area contributed by atoms with Crippen LogP contribution in [0.4, 0.5) is 11.5 Å². The summed E-state index contributed by atoms with van der Waals surface area (Å²) in [6.07, 6.45) is 3.08. The van der Waals surface area contributed by atoms with Gasteiger partial charge in [-0.3, -0.25) is 4.79 Å². The van der Waals surface area contributed by atoms with E-state index in [2.05, 4.69) is 21.3 Å². The zero-order valence-electron chi connectivity index (χ0n) is 14.2. The largest absolute Gasteiger partial charge is 0.382 e. The lowest BCUT2D eigenvalue weighted by molar-refractivity contribution is -0.116. The highest BCUT2D eigenvalue weighted by atomic mass is 16.5. The Morgan fingerprint density at radius 2 is 2.17 bits per heavy atom. The minimum absolute atomic E-state index is 0.0311. The fourth-order valence-electron chi connectivity index (χ4n) is 2.91. The number of carbonyl (C=O) groups excluding carboxylic acids is 1. The number of ether oxygens (including phenoxy) is 1. The maximum atomic E-state index is 12.2. The van der Waals surface area contributed by atoms with Gasteiger partial charge in [0.2, 0.25) is 5.91 Å². The molecule has 0 fully saturated rings. The van der Waals surface area contributed by atoms with Gasteiger partial charge in [-0.2, -0.15) is 0 Å². The number of nitrogens with zero attached hydrogens (tertiary/aromatic N) is 2. The third kappa shape index (κ3) is 3.74. The number of anilines is 2. The van der Waals surface area contributed by atoms with Crippen molar-refractivity contribution in [2.75, 3.05) is 17.3 Å². The Morgan fingerprint density at radius 3 is 2.92 bits per heavy atom. The summed E-state index contributed by atoms with van der Waals surface area (Å²) < 4.78 is 5.19. The average molecular weight is 325 g/mol. The second kappa shape index (κ2) is 7.45. The highest BCUT2D eigenvalue weighted by Crippen LogP contribution is 2.31. The molecule has 0 saturated carbocycles. The van der Waals surface area contributed by atoms with Crippen LogP contribution in [0.1, 0.15) is 30.9 Å². The van der Waals surface area contributed by atoms with Crippen molar-refractivity contribution in [3.8, 4) is 0 Å². The molecule has 0 bridgehead atoms. The molecule has 0 spiro atoms. The van der Waals surface area contributed by atoms with E-state index < -0.39 is 0 Å². The van der Waals surface area contributed by atoms with Gasteiger partial charge < -0.3 is 15.0 Å². The average Bonchev–Trinajstić information content (AvgIpc) is 3.06. The van der Waals surface area contributed by atoms with Gasteiger partial charge >= 0.3 is 0 Å². The number of amides is 1. The Morgan fingerprint density at radius 1 is 1.29 bits per heavy atom. The Balaban J connectivity index is 1.68. The maximum Gasteiger partial charge on any atom is 0.224 e. The zero-order chi connectivity index (χ0) is 16.9. The van der Waals surface area contributed by atoms with Crippen LogP contribution in [0.3, 0.4) is 0 Å². The molecule has 24 heavy (non-hydrogen) atoms. The van der Waals surface area contributed by atoms with Gasteiger partial charge in [-0.15, -0.1) is 0 Å². The van der Waals surface area contributed by atoms with Crippen molar-refractivity contribution in [3.05, 3.63) is 53.7 Å². The van der Waals surface area contributed by atoms with Gasteiger partial charge in [-0.05, 0) is 42.7 Å². The molecule has 0 radical (unpaired) electrons. The number of hydrogen-bond donors (Lipinski definition) is 1. The van der Waals surface area contributed by atoms with Crippen LogP contribution >= 0.6 is 0 Å². The van der Waals surface area contributed by atoms with Crippen molar-refractivity contribution in [2.45, 2.75) is 39.0 Å². The fraction of sp³-hybridized carbons (Fsp3) is 0.368. The number of rotatable bonds is 6. The van der Waals surface area contributed by atoms with E-state index in [0.717, 1.165) is 31.0 Å². The summed E-state index contributed by atoms with van der Waals surface area (Å²) in [5.41, 5.74) is 3.32. The quantitative estimate of drug-likeness (QED) is 0.885. The number of pyridine rings is 1. The molecule has 1 atom stereocenters. The minimum Gasteiger partial charge on any atom is -0.382 e. The molecule has 5 nitrogen and oxygen atoms in total. The predicted octanol–water partition coefficient (Wildman–Crippen LogP) is 3.36. The number of benzene rings is 1. The van der Waals surface area contributed by atoms with Crippen LogP contribution in [0.25, 0.3) is 0 Å². The number of fused-ring (bicyclic) bond motifs is 1. The standard InChI is InChI=1S/C19H23N3O2/c1-14(24-2)9-10-19(23)21-17-7-5-6-15-12-22(13-16(15)17)18-8-3-4-11-20-18/h3-8,11,14H,9-10,12-13H2,1-2H3,(H,21,23)/t14-/m1/s1. The van der Waals surface area contributed by atoms with E-state index in [9.17, 15) is 4.79 Å². The van der Waals surface area contributed by atoms with E-state index in [-0.39, 0.29) is 12.0 Å². The second-order valence-electron chi connectivity index (χ2n) is 6.12. The molecule has 1 aromatic heterocycles. The number of methoxy groups -OCH3 is 1. The first kappa shape index (κ1) is 16.5. The molecule has 1 amide bonds. The molecule has 1 aliphatic heterocycles. The molecule has 2 aromatic rings. The van der Waals surface area contributed by atoms with E-state index >= 15 is 0 Å². The SMILES string of the molecule is CO[C@H](C)CCC(=O)Nc1cccc2c1CN(c1ccccn1)C2. The zero-order valence-corrected chi connectivity index (χ0v) is 14.2.